The van der Waals surface area contributed by atoms with Gasteiger partial charge in [-0.25, -0.2) is 13.8 Å². The van der Waals surface area contributed by atoms with Gasteiger partial charge in [0.1, 0.15) is 17.7 Å². The Kier molecular flexibility index (Phi) is 10.7. The Morgan fingerprint density at radius 2 is 1.79 bits per heavy atom. The number of alkyl halides is 5. The van der Waals surface area contributed by atoms with Crippen molar-refractivity contribution < 1.29 is 40.8 Å². The molecular formula is C28H36F5N5O4. The molecule has 0 unspecified atom stereocenters. The van der Waals surface area contributed by atoms with Crippen molar-refractivity contribution in [3.05, 3.63) is 47.1 Å². The van der Waals surface area contributed by atoms with E-state index in [0.717, 1.165) is 37.6 Å². The van der Waals surface area contributed by atoms with Gasteiger partial charge in [-0.15, -0.1) is 0 Å². The summed E-state index contributed by atoms with van der Waals surface area (Å²) in [5.41, 5.74) is 1.21. The molecule has 1 aromatic carbocycles. The van der Waals surface area contributed by atoms with Gasteiger partial charge >= 0.3 is 6.18 Å². The summed E-state index contributed by atoms with van der Waals surface area (Å²) in [6.45, 7) is 4.15. The second-order valence-electron chi connectivity index (χ2n) is 10.9. The van der Waals surface area contributed by atoms with Crippen LogP contribution in [0, 0.1) is 12.8 Å². The van der Waals surface area contributed by atoms with Gasteiger partial charge in [0.25, 0.3) is 5.91 Å². The van der Waals surface area contributed by atoms with E-state index in [4.69, 9.17) is 4.52 Å². The normalized spacial score (nSPS) is 15.9. The van der Waals surface area contributed by atoms with Crippen molar-refractivity contribution in [3.63, 3.8) is 0 Å². The number of hydrogen-bond donors (Lipinski definition) is 3. The van der Waals surface area contributed by atoms with Crippen LogP contribution in [0.4, 0.5) is 22.0 Å². The number of rotatable bonds is 8. The van der Waals surface area contributed by atoms with Gasteiger partial charge in [0.15, 0.2) is 5.60 Å². The third kappa shape index (κ3) is 9.78. The second-order valence-corrected chi connectivity index (χ2v) is 10.9. The van der Waals surface area contributed by atoms with E-state index in [0.29, 0.717) is 23.6 Å². The molecule has 14 heteroatoms. The predicted octanol–water partition coefficient (Wildman–Crippen LogP) is 5.98. The third-order valence-electron chi connectivity index (χ3n) is 6.69. The van der Waals surface area contributed by atoms with Gasteiger partial charge in [0.2, 0.25) is 11.8 Å². The summed E-state index contributed by atoms with van der Waals surface area (Å²) in [4.78, 5) is 31.6. The first kappa shape index (κ1) is 33.0. The highest BCUT2D eigenvalue weighted by Crippen LogP contribution is 2.43. The first-order valence-electron chi connectivity index (χ1n) is 13.5. The molecule has 0 bridgehead atoms. The van der Waals surface area contributed by atoms with Crippen molar-refractivity contribution in [2.75, 3.05) is 7.11 Å². The van der Waals surface area contributed by atoms with E-state index >= 15 is 0 Å². The highest BCUT2D eigenvalue weighted by molar-refractivity contribution is 5.94. The van der Waals surface area contributed by atoms with Gasteiger partial charge in [-0.05, 0) is 44.4 Å². The van der Waals surface area contributed by atoms with Gasteiger partial charge in [0, 0.05) is 32.9 Å². The highest BCUT2D eigenvalue weighted by Gasteiger charge is 2.47. The Morgan fingerprint density at radius 3 is 2.29 bits per heavy atom. The van der Waals surface area contributed by atoms with Crippen LogP contribution in [0.2, 0.25) is 0 Å². The quantitative estimate of drug-likeness (QED) is 0.273. The van der Waals surface area contributed by atoms with Crippen LogP contribution in [0.3, 0.4) is 0 Å². The summed E-state index contributed by atoms with van der Waals surface area (Å²) in [6, 6.07) is 5.51. The number of H-pyrrole nitrogens is 1. The van der Waals surface area contributed by atoms with E-state index in [1.807, 2.05) is 18.2 Å². The van der Waals surface area contributed by atoms with Crippen molar-refractivity contribution in [3.8, 4) is 0 Å². The molecule has 0 spiro atoms. The van der Waals surface area contributed by atoms with Gasteiger partial charge in [-0.2, -0.15) is 13.2 Å². The Morgan fingerprint density at radius 1 is 1.12 bits per heavy atom. The fourth-order valence-electron chi connectivity index (χ4n) is 3.65. The van der Waals surface area contributed by atoms with Gasteiger partial charge in [-0.1, -0.05) is 30.5 Å². The number of hydrogen-bond acceptors (Lipinski definition) is 6. The zero-order chi connectivity index (χ0) is 31.1. The van der Waals surface area contributed by atoms with Gasteiger partial charge < -0.3 is 24.9 Å². The van der Waals surface area contributed by atoms with Crippen LogP contribution >= 0.6 is 0 Å². The number of nitrogens with one attached hydrogen (secondary N) is 3. The third-order valence-corrected chi connectivity index (χ3v) is 6.69. The van der Waals surface area contributed by atoms with Gasteiger partial charge in [-0.3, -0.25) is 9.59 Å². The SMILES string of the molecule is C1CC1.COC(C)(C)C(F)(F)F.Cc1nocc1C(=O)NCc1nc2ccc(CNC(=O)CC3CC(F)(F)C3)cc2[nH]1. The smallest absolute Gasteiger partial charge is 0.369 e. The number of ether oxygens (including phenoxy) is 1. The summed E-state index contributed by atoms with van der Waals surface area (Å²) in [5, 5.41) is 9.19. The standard InChI is InChI=1S/C20H21F2N5O3.C5H9F3O.C3H6/c1-11-14(10-30-27-11)19(29)24-9-17-25-15-3-2-12(4-16(15)26-17)8-23-18(28)5-13-6-20(21,22)7-13;1-4(2,9-3)5(6,7)8;1-2-3-1/h2-4,10,13H,5-9H2,1H3,(H,23,28)(H,24,29)(H,25,26);1-3H3;1-3H2. The number of carbonyl (C=O) groups is 2. The number of carbonyl (C=O) groups excluding carboxylic acids is 2. The lowest BCUT2D eigenvalue weighted by atomic mass is 9.79. The zero-order valence-electron chi connectivity index (χ0n) is 24.0. The number of aromatic amines is 1. The molecule has 3 N–H and O–H groups in total. The first-order chi connectivity index (χ1) is 19.6. The van der Waals surface area contributed by atoms with E-state index in [1.54, 1.807) is 6.92 Å². The number of aromatic nitrogens is 3. The van der Waals surface area contributed by atoms with Crippen LogP contribution in [-0.4, -0.2) is 51.7 Å². The average molecular weight is 602 g/mol. The molecule has 0 atom stereocenters. The number of halogens is 5. The maximum Gasteiger partial charge on any atom is 0.416 e. The zero-order valence-corrected chi connectivity index (χ0v) is 24.0. The van der Waals surface area contributed by atoms with E-state index in [-0.39, 0.29) is 43.5 Å². The molecule has 2 aliphatic rings. The molecule has 0 aliphatic heterocycles. The molecule has 0 saturated heterocycles. The minimum Gasteiger partial charge on any atom is -0.369 e. The molecule has 2 aromatic heterocycles. The van der Waals surface area contributed by atoms with Crippen LogP contribution in [0.5, 0.6) is 0 Å². The van der Waals surface area contributed by atoms with Crippen LogP contribution < -0.4 is 10.6 Å². The first-order valence-corrected chi connectivity index (χ1v) is 13.5. The number of amides is 2. The van der Waals surface area contributed by atoms with E-state index in [1.165, 1.54) is 25.5 Å². The fourth-order valence-corrected chi connectivity index (χ4v) is 3.65. The van der Waals surface area contributed by atoms with Crippen LogP contribution in [0.15, 0.2) is 29.0 Å². The van der Waals surface area contributed by atoms with Crippen molar-refractivity contribution in [1.29, 1.82) is 0 Å². The van der Waals surface area contributed by atoms with Crippen LogP contribution in [-0.2, 0) is 22.6 Å². The number of nitrogens with zero attached hydrogens (tertiary/aromatic N) is 2. The number of fused-ring (bicyclic) bond motifs is 1. The predicted molar refractivity (Wildman–Crippen MR) is 144 cm³/mol. The monoisotopic (exact) mass is 601 g/mol. The lowest BCUT2D eigenvalue weighted by Gasteiger charge is -2.34. The Bertz CT molecular complexity index is 1340. The number of benzene rings is 1. The summed E-state index contributed by atoms with van der Waals surface area (Å²) < 4.78 is 69.8. The van der Waals surface area contributed by atoms with Crippen LogP contribution in [0.1, 0.15) is 79.8 Å². The Hall–Kier alpha value is -3.55. The summed E-state index contributed by atoms with van der Waals surface area (Å²) in [5.74, 6) is -2.80. The maximum atomic E-state index is 12.9. The van der Waals surface area contributed by atoms with Crippen molar-refractivity contribution in [2.24, 2.45) is 5.92 Å². The lowest BCUT2D eigenvalue weighted by Crippen LogP contribution is -2.40. The van der Waals surface area contributed by atoms with Crippen molar-refractivity contribution in [1.82, 2.24) is 25.8 Å². The molecular weight excluding hydrogens is 565 g/mol. The molecule has 2 heterocycles. The van der Waals surface area contributed by atoms with Crippen molar-refractivity contribution >= 4 is 22.8 Å². The average Bonchev–Trinajstić information content (AvgIpc) is 3.63. The number of imidazole rings is 1. The van der Waals surface area contributed by atoms with E-state index < -0.39 is 17.7 Å². The largest absolute Gasteiger partial charge is 0.416 e. The molecule has 0 radical (unpaired) electrons. The molecule has 2 fully saturated rings. The second kappa shape index (κ2) is 13.6. The molecule has 2 aliphatic carbocycles. The van der Waals surface area contributed by atoms with E-state index in [9.17, 15) is 31.5 Å². The minimum atomic E-state index is -4.28. The van der Waals surface area contributed by atoms with Crippen molar-refractivity contribution in [2.45, 2.75) is 90.1 Å². The Balaban J connectivity index is 0.000000338. The molecule has 9 nitrogen and oxygen atoms in total. The number of methoxy groups -OCH3 is 1. The molecule has 3 aromatic rings. The maximum absolute atomic E-state index is 12.9. The lowest BCUT2D eigenvalue weighted by molar-refractivity contribution is -0.255. The number of aryl methyl sites for hydroxylation is 1. The molecule has 2 amide bonds. The Labute approximate surface area is 239 Å². The summed E-state index contributed by atoms with van der Waals surface area (Å²) >= 11 is 0. The van der Waals surface area contributed by atoms with E-state index in [2.05, 4.69) is 30.5 Å². The molecule has 42 heavy (non-hydrogen) atoms. The van der Waals surface area contributed by atoms with Gasteiger partial charge in [0.05, 0.1) is 23.3 Å². The molecule has 5 rings (SSSR count). The highest BCUT2D eigenvalue weighted by atomic mass is 19.4. The fraction of sp³-hybridized carbons (Fsp3) is 0.571. The summed E-state index contributed by atoms with van der Waals surface area (Å²) in [7, 11) is 1.04. The molecule has 232 valence electrons. The summed E-state index contributed by atoms with van der Waals surface area (Å²) in [6.07, 6.45) is 1.21. The molecule has 2 saturated carbocycles. The minimum absolute atomic E-state index is 0.122. The topological polar surface area (TPSA) is 122 Å². The van der Waals surface area contributed by atoms with Crippen LogP contribution in [0.25, 0.3) is 11.0 Å².